The van der Waals surface area contributed by atoms with Gasteiger partial charge in [0.05, 0.1) is 32.7 Å². The maximum absolute atomic E-state index is 12.5. The lowest BCUT2D eigenvalue weighted by Gasteiger charge is -2.07. The first-order valence-electron chi connectivity index (χ1n) is 9.88. The summed E-state index contributed by atoms with van der Waals surface area (Å²) in [7, 11) is 3.15. The number of aromatic nitrogens is 1. The van der Waals surface area contributed by atoms with Crippen molar-refractivity contribution in [2.75, 3.05) is 20.8 Å². The van der Waals surface area contributed by atoms with Gasteiger partial charge in [-0.2, -0.15) is 5.10 Å². The van der Waals surface area contributed by atoms with Crippen molar-refractivity contribution in [2.24, 2.45) is 5.10 Å². The van der Waals surface area contributed by atoms with Crippen molar-refractivity contribution >= 4 is 12.1 Å². The van der Waals surface area contributed by atoms with Crippen molar-refractivity contribution in [3.63, 3.8) is 0 Å². The monoisotopic (exact) mass is 419 g/mol. The number of hydrazone groups is 1. The zero-order valence-corrected chi connectivity index (χ0v) is 17.8. The molecule has 7 nitrogen and oxygen atoms in total. The Morgan fingerprint density at radius 3 is 2.35 bits per heavy atom. The van der Waals surface area contributed by atoms with Crippen molar-refractivity contribution < 1.29 is 19.0 Å². The van der Waals surface area contributed by atoms with Gasteiger partial charge in [-0.05, 0) is 55.0 Å². The molecule has 2 aromatic carbocycles. The quantitative estimate of drug-likeness (QED) is 0.413. The van der Waals surface area contributed by atoms with E-state index >= 15 is 0 Å². The molecule has 3 rings (SSSR count). The number of nitrogens with one attached hydrogen (secondary N) is 1. The van der Waals surface area contributed by atoms with E-state index in [4.69, 9.17) is 14.2 Å². The predicted octanol–water partition coefficient (Wildman–Crippen LogP) is 4.32. The Kier molecular flexibility index (Phi) is 7.59. The number of ether oxygens (including phenoxy) is 3. The lowest BCUT2D eigenvalue weighted by Crippen LogP contribution is -2.17. The first-order valence-corrected chi connectivity index (χ1v) is 9.88. The molecule has 1 aromatic heterocycles. The number of carbonyl (C=O) groups is 1. The van der Waals surface area contributed by atoms with Crippen molar-refractivity contribution in [3.8, 4) is 28.5 Å². The summed E-state index contributed by atoms with van der Waals surface area (Å²) in [6.07, 6.45) is 4.08. The molecule has 31 heavy (non-hydrogen) atoms. The molecule has 0 spiro atoms. The van der Waals surface area contributed by atoms with Gasteiger partial charge in [-0.1, -0.05) is 6.92 Å². The number of amides is 1. The van der Waals surface area contributed by atoms with Gasteiger partial charge in [-0.15, -0.1) is 0 Å². The number of pyridine rings is 1. The van der Waals surface area contributed by atoms with Gasteiger partial charge in [0, 0.05) is 29.0 Å². The van der Waals surface area contributed by atoms with Crippen LogP contribution in [0.2, 0.25) is 0 Å². The standard InChI is InChI=1S/C24H25N3O4/c1-4-11-31-20-7-5-18(6-8-20)23-14-19(9-10-25-23)24(28)27-26-16-17-12-21(29-2)15-22(13-17)30-3/h5-10,12-16H,4,11H2,1-3H3,(H,27,28). The molecule has 1 heterocycles. The summed E-state index contributed by atoms with van der Waals surface area (Å²) in [5.74, 6) is 1.75. The molecule has 0 atom stereocenters. The molecule has 0 radical (unpaired) electrons. The number of hydrogen-bond acceptors (Lipinski definition) is 6. The van der Waals surface area contributed by atoms with Gasteiger partial charge in [0.15, 0.2) is 0 Å². The third-order valence-corrected chi connectivity index (χ3v) is 4.40. The van der Waals surface area contributed by atoms with E-state index in [1.165, 1.54) is 6.21 Å². The summed E-state index contributed by atoms with van der Waals surface area (Å²) in [6, 6.07) is 16.3. The van der Waals surface area contributed by atoms with Crippen molar-refractivity contribution in [3.05, 3.63) is 71.9 Å². The fourth-order valence-corrected chi connectivity index (χ4v) is 2.81. The average Bonchev–Trinajstić information content (AvgIpc) is 2.82. The van der Waals surface area contributed by atoms with Gasteiger partial charge in [0.25, 0.3) is 5.91 Å². The summed E-state index contributed by atoms with van der Waals surface area (Å²) in [6.45, 7) is 2.74. The molecule has 0 aliphatic carbocycles. The highest BCUT2D eigenvalue weighted by atomic mass is 16.5. The molecule has 7 heteroatoms. The zero-order valence-electron chi connectivity index (χ0n) is 17.8. The maximum atomic E-state index is 12.5. The highest BCUT2D eigenvalue weighted by molar-refractivity contribution is 5.95. The Bertz CT molecular complexity index is 1030. The van der Waals surface area contributed by atoms with Gasteiger partial charge >= 0.3 is 0 Å². The topological polar surface area (TPSA) is 82.0 Å². The molecule has 0 unspecified atom stereocenters. The van der Waals surface area contributed by atoms with Crippen LogP contribution in [0.3, 0.4) is 0 Å². The van der Waals surface area contributed by atoms with Crippen LogP contribution in [-0.2, 0) is 0 Å². The first kappa shape index (κ1) is 21.8. The number of benzene rings is 2. The van der Waals surface area contributed by atoms with E-state index in [2.05, 4.69) is 22.4 Å². The smallest absolute Gasteiger partial charge is 0.271 e. The van der Waals surface area contributed by atoms with E-state index in [0.29, 0.717) is 29.4 Å². The first-order chi connectivity index (χ1) is 15.1. The molecule has 1 N–H and O–H groups in total. The Morgan fingerprint density at radius 2 is 1.71 bits per heavy atom. The third kappa shape index (κ3) is 6.05. The van der Waals surface area contributed by atoms with Gasteiger partial charge in [0.1, 0.15) is 17.2 Å². The van der Waals surface area contributed by atoms with Crippen LogP contribution in [0.4, 0.5) is 0 Å². The summed E-state index contributed by atoms with van der Waals surface area (Å²) < 4.78 is 16.1. The number of hydrogen-bond donors (Lipinski definition) is 1. The van der Waals surface area contributed by atoms with Crippen LogP contribution in [0.15, 0.2) is 65.9 Å². The summed E-state index contributed by atoms with van der Waals surface area (Å²) in [5.41, 5.74) is 5.31. The fourth-order valence-electron chi connectivity index (χ4n) is 2.81. The van der Waals surface area contributed by atoms with Crippen LogP contribution in [0, 0.1) is 0 Å². The molecule has 0 aliphatic heterocycles. The average molecular weight is 419 g/mol. The molecular formula is C24H25N3O4. The number of rotatable bonds is 9. The second-order valence-electron chi connectivity index (χ2n) is 6.65. The van der Waals surface area contributed by atoms with Crippen LogP contribution in [0.25, 0.3) is 11.3 Å². The van der Waals surface area contributed by atoms with Crippen LogP contribution < -0.4 is 19.6 Å². The molecule has 0 saturated heterocycles. The van der Waals surface area contributed by atoms with E-state index in [9.17, 15) is 4.79 Å². The van der Waals surface area contributed by atoms with Crippen LogP contribution >= 0.6 is 0 Å². The minimum Gasteiger partial charge on any atom is -0.497 e. The van der Waals surface area contributed by atoms with E-state index in [1.54, 1.807) is 50.7 Å². The minimum absolute atomic E-state index is 0.335. The molecule has 0 fully saturated rings. The minimum atomic E-state index is -0.335. The largest absolute Gasteiger partial charge is 0.497 e. The van der Waals surface area contributed by atoms with E-state index < -0.39 is 0 Å². The Labute approximate surface area is 181 Å². The van der Waals surface area contributed by atoms with Crippen LogP contribution in [0.1, 0.15) is 29.3 Å². The van der Waals surface area contributed by atoms with Crippen molar-refractivity contribution in [2.45, 2.75) is 13.3 Å². The van der Waals surface area contributed by atoms with Crippen molar-refractivity contribution in [1.29, 1.82) is 0 Å². The van der Waals surface area contributed by atoms with Crippen LogP contribution in [0.5, 0.6) is 17.2 Å². The zero-order chi connectivity index (χ0) is 22.1. The second kappa shape index (κ2) is 10.8. The Morgan fingerprint density at radius 1 is 1.00 bits per heavy atom. The maximum Gasteiger partial charge on any atom is 0.271 e. The predicted molar refractivity (Wildman–Crippen MR) is 120 cm³/mol. The van der Waals surface area contributed by atoms with Gasteiger partial charge in [0.2, 0.25) is 0 Å². The lowest BCUT2D eigenvalue weighted by atomic mass is 10.1. The highest BCUT2D eigenvalue weighted by Gasteiger charge is 2.08. The van der Waals surface area contributed by atoms with Crippen LogP contribution in [-0.4, -0.2) is 37.9 Å². The lowest BCUT2D eigenvalue weighted by molar-refractivity contribution is 0.0955. The molecular weight excluding hydrogens is 394 g/mol. The van der Waals surface area contributed by atoms with E-state index in [0.717, 1.165) is 23.3 Å². The normalized spacial score (nSPS) is 10.7. The molecule has 0 bridgehead atoms. The molecule has 1 amide bonds. The summed E-state index contributed by atoms with van der Waals surface area (Å²) in [5, 5.41) is 4.04. The number of methoxy groups -OCH3 is 2. The highest BCUT2D eigenvalue weighted by Crippen LogP contribution is 2.22. The van der Waals surface area contributed by atoms with Gasteiger partial charge < -0.3 is 14.2 Å². The van der Waals surface area contributed by atoms with E-state index in [1.807, 2.05) is 24.3 Å². The molecule has 0 saturated carbocycles. The molecule has 160 valence electrons. The third-order valence-electron chi connectivity index (χ3n) is 4.40. The summed E-state index contributed by atoms with van der Waals surface area (Å²) in [4.78, 5) is 16.9. The second-order valence-corrected chi connectivity index (χ2v) is 6.65. The molecule has 0 aliphatic rings. The number of nitrogens with zero attached hydrogens (tertiary/aromatic N) is 2. The Hall–Kier alpha value is -3.87. The Balaban J connectivity index is 1.68. The van der Waals surface area contributed by atoms with Crippen molar-refractivity contribution in [1.82, 2.24) is 10.4 Å². The summed E-state index contributed by atoms with van der Waals surface area (Å²) >= 11 is 0. The SMILES string of the molecule is CCCOc1ccc(-c2cc(C(=O)NN=Cc3cc(OC)cc(OC)c3)ccn2)cc1. The van der Waals surface area contributed by atoms with Gasteiger partial charge in [-0.3, -0.25) is 9.78 Å². The fraction of sp³-hybridized carbons (Fsp3) is 0.208. The van der Waals surface area contributed by atoms with E-state index in [-0.39, 0.29) is 5.91 Å². The number of carbonyl (C=O) groups excluding carboxylic acids is 1. The van der Waals surface area contributed by atoms with Gasteiger partial charge in [-0.25, -0.2) is 5.43 Å². The molecule has 3 aromatic rings.